The number of fused-ring (bicyclic) bond motifs is 1. The molecule has 0 radical (unpaired) electrons. The Morgan fingerprint density at radius 1 is 0.900 bits per heavy atom. The minimum absolute atomic E-state index is 0.0375. The molecule has 2 aliphatic rings. The van der Waals surface area contributed by atoms with Crippen LogP contribution in [0.2, 0.25) is 0 Å². The van der Waals surface area contributed by atoms with Crippen LogP contribution in [0.1, 0.15) is 44.1 Å². The molecule has 3 aromatic carbocycles. The monoisotopic (exact) mass is 548 g/mol. The molecule has 1 aliphatic carbocycles. The summed E-state index contributed by atoms with van der Waals surface area (Å²) in [5.41, 5.74) is 1.70. The number of hydrogen-bond acceptors (Lipinski definition) is 8. The van der Waals surface area contributed by atoms with Gasteiger partial charge in [-0.1, -0.05) is 30.8 Å². The summed E-state index contributed by atoms with van der Waals surface area (Å²) in [4.78, 5) is 33.3. The quantitative estimate of drug-likeness (QED) is 0.174. The Kier molecular flexibility index (Phi) is 8.64. The molecule has 40 heavy (non-hydrogen) atoms. The van der Waals surface area contributed by atoms with Gasteiger partial charge in [-0.2, -0.15) is 0 Å². The highest BCUT2D eigenvalue weighted by Crippen LogP contribution is 2.39. The smallest absolute Gasteiger partial charge is 0.306 e. The molecule has 210 valence electrons. The lowest BCUT2D eigenvalue weighted by atomic mass is 10.0. The Morgan fingerprint density at radius 3 is 2.30 bits per heavy atom. The van der Waals surface area contributed by atoms with E-state index in [1.165, 1.54) is 0 Å². The SMILES string of the molecule is C=C(c1ccc(Oc2ccc3ccc(OCCOC(=O)CCC(=O)O)cc3c2)cc1)C1COC2(CCCC2)OO1. The van der Waals surface area contributed by atoms with E-state index in [9.17, 15) is 9.59 Å². The van der Waals surface area contributed by atoms with Crippen LogP contribution in [0.3, 0.4) is 0 Å². The largest absolute Gasteiger partial charge is 0.490 e. The number of carbonyl (C=O) groups excluding carboxylic acids is 1. The number of esters is 1. The summed E-state index contributed by atoms with van der Waals surface area (Å²) in [6.45, 7) is 4.79. The van der Waals surface area contributed by atoms with Gasteiger partial charge in [0.1, 0.15) is 36.6 Å². The Hall–Kier alpha value is -3.92. The first kappa shape index (κ1) is 27.6. The molecule has 1 spiro atoms. The normalized spacial score (nSPS) is 17.9. The second kappa shape index (κ2) is 12.5. The molecule has 1 N–H and O–H groups in total. The van der Waals surface area contributed by atoms with Crippen LogP contribution in [0.4, 0.5) is 0 Å². The van der Waals surface area contributed by atoms with Crippen LogP contribution in [-0.2, 0) is 28.8 Å². The van der Waals surface area contributed by atoms with Gasteiger partial charge in [-0.15, -0.1) is 0 Å². The molecule has 9 heteroatoms. The van der Waals surface area contributed by atoms with Crippen molar-refractivity contribution in [3.8, 4) is 17.2 Å². The van der Waals surface area contributed by atoms with Crippen LogP contribution in [0, 0.1) is 0 Å². The molecule has 1 aliphatic heterocycles. The molecule has 0 amide bonds. The third-order valence-corrected chi connectivity index (χ3v) is 6.97. The number of ether oxygens (including phenoxy) is 4. The van der Waals surface area contributed by atoms with Crippen molar-refractivity contribution in [1.82, 2.24) is 0 Å². The molecule has 1 saturated carbocycles. The summed E-state index contributed by atoms with van der Waals surface area (Å²) in [5, 5.41) is 10.6. The third-order valence-electron chi connectivity index (χ3n) is 6.97. The zero-order valence-electron chi connectivity index (χ0n) is 22.1. The first-order valence-electron chi connectivity index (χ1n) is 13.4. The predicted octanol–water partition coefficient (Wildman–Crippen LogP) is 6.05. The minimum Gasteiger partial charge on any atom is -0.490 e. The summed E-state index contributed by atoms with van der Waals surface area (Å²) in [6, 6.07) is 19.1. The summed E-state index contributed by atoms with van der Waals surface area (Å²) in [7, 11) is 0. The van der Waals surface area contributed by atoms with Gasteiger partial charge in [0.2, 0.25) is 5.79 Å². The first-order chi connectivity index (χ1) is 19.4. The van der Waals surface area contributed by atoms with E-state index in [1.54, 1.807) is 0 Å². The maximum absolute atomic E-state index is 11.5. The van der Waals surface area contributed by atoms with Crippen LogP contribution >= 0.6 is 0 Å². The highest BCUT2D eigenvalue weighted by Gasteiger charge is 2.42. The molecule has 1 saturated heterocycles. The molecule has 1 heterocycles. The topological polar surface area (TPSA) is 110 Å². The predicted molar refractivity (Wildman–Crippen MR) is 146 cm³/mol. The van der Waals surface area contributed by atoms with Gasteiger partial charge in [-0.3, -0.25) is 9.59 Å². The summed E-state index contributed by atoms with van der Waals surface area (Å²) >= 11 is 0. The van der Waals surface area contributed by atoms with Crippen molar-refractivity contribution in [3.63, 3.8) is 0 Å². The fourth-order valence-corrected chi connectivity index (χ4v) is 4.74. The highest BCUT2D eigenvalue weighted by atomic mass is 17.2. The molecule has 1 atom stereocenters. The van der Waals surface area contributed by atoms with Crippen LogP contribution in [-0.4, -0.2) is 48.8 Å². The van der Waals surface area contributed by atoms with E-state index in [0.29, 0.717) is 23.9 Å². The van der Waals surface area contributed by atoms with Crippen LogP contribution in [0.5, 0.6) is 17.2 Å². The van der Waals surface area contributed by atoms with Crippen molar-refractivity contribution >= 4 is 28.3 Å². The molecular formula is C31H32O9. The van der Waals surface area contributed by atoms with Crippen molar-refractivity contribution in [2.45, 2.75) is 50.4 Å². The number of carboxylic acids is 1. The number of carbonyl (C=O) groups is 2. The number of carboxylic acid groups (broad SMARTS) is 1. The van der Waals surface area contributed by atoms with E-state index in [-0.39, 0.29) is 32.2 Å². The molecule has 2 fully saturated rings. The van der Waals surface area contributed by atoms with E-state index in [4.69, 9.17) is 33.8 Å². The molecular weight excluding hydrogens is 516 g/mol. The third kappa shape index (κ3) is 6.98. The van der Waals surface area contributed by atoms with Crippen molar-refractivity contribution in [2.75, 3.05) is 19.8 Å². The number of benzene rings is 3. The second-order valence-electron chi connectivity index (χ2n) is 9.88. The zero-order valence-corrected chi connectivity index (χ0v) is 22.1. The number of aliphatic carboxylic acids is 1. The van der Waals surface area contributed by atoms with Crippen LogP contribution < -0.4 is 9.47 Å². The van der Waals surface area contributed by atoms with Crippen molar-refractivity contribution < 1.29 is 43.4 Å². The lowest BCUT2D eigenvalue weighted by molar-refractivity contribution is -0.475. The van der Waals surface area contributed by atoms with Gasteiger partial charge >= 0.3 is 11.9 Å². The first-order valence-corrected chi connectivity index (χ1v) is 13.4. The maximum atomic E-state index is 11.5. The molecule has 0 aromatic heterocycles. The average Bonchev–Trinajstić information content (AvgIpc) is 3.42. The number of rotatable bonds is 11. The van der Waals surface area contributed by atoms with E-state index < -0.39 is 17.7 Å². The number of hydrogen-bond donors (Lipinski definition) is 1. The van der Waals surface area contributed by atoms with Gasteiger partial charge in [0, 0.05) is 12.8 Å². The average molecular weight is 549 g/mol. The summed E-state index contributed by atoms with van der Waals surface area (Å²) in [5.74, 6) is -0.223. The zero-order chi connectivity index (χ0) is 28.0. The van der Waals surface area contributed by atoms with Gasteiger partial charge in [0.05, 0.1) is 19.4 Å². The van der Waals surface area contributed by atoms with Crippen molar-refractivity contribution in [1.29, 1.82) is 0 Å². The van der Waals surface area contributed by atoms with Gasteiger partial charge in [-0.25, -0.2) is 9.78 Å². The van der Waals surface area contributed by atoms with Gasteiger partial charge in [0.15, 0.2) is 0 Å². The van der Waals surface area contributed by atoms with E-state index in [0.717, 1.165) is 47.6 Å². The van der Waals surface area contributed by atoms with E-state index in [2.05, 4.69) is 6.58 Å². The van der Waals surface area contributed by atoms with E-state index >= 15 is 0 Å². The highest BCUT2D eigenvalue weighted by molar-refractivity contribution is 5.85. The summed E-state index contributed by atoms with van der Waals surface area (Å²) in [6.07, 6.45) is 3.10. The fourth-order valence-electron chi connectivity index (χ4n) is 4.74. The van der Waals surface area contributed by atoms with Crippen LogP contribution in [0.25, 0.3) is 16.3 Å². The van der Waals surface area contributed by atoms with Crippen molar-refractivity contribution in [3.05, 3.63) is 72.8 Å². The molecule has 5 rings (SSSR count). The lowest BCUT2D eigenvalue weighted by Crippen LogP contribution is -2.43. The van der Waals surface area contributed by atoms with E-state index in [1.807, 2.05) is 60.7 Å². The molecule has 0 bridgehead atoms. The lowest BCUT2D eigenvalue weighted by Gasteiger charge is -2.36. The van der Waals surface area contributed by atoms with Crippen molar-refractivity contribution in [2.24, 2.45) is 0 Å². The Bertz CT molecular complexity index is 1350. The second-order valence-corrected chi connectivity index (χ2v) is 9.88. The van der Waals surface area contributed by atoms with Gasteiger partial charge < -0.3 is 24.1 Å². The van der Waals surface area contributed by atoms with Gasteiger partial charge in [-0.05, 0) is 71.1 Å². The minimum atomic E-state index is -1.04. The maximum Gasteiger partial charge on any atom is 0.306 e. The Morgan fingerprint density at radius 2 is 1.60 bits per heavy atom. The van der Waals surface area contributed by atoms with Crippen LogP contribution in [0.15, 0.2) is 67.2 Å². The Labute approximate surface area is 232 Å². The Balaban J connectivity index is 1.13. The standard InChI is InChI=1S/C31H32O9/c1-21(28-20-37-31(40-39-28)14-2-3-15-31)22-4-8-25(9-5-22)38-27-11-7-23-6-10-26(18-24(23)19-27)35-16-17-36-30(34)13-12-29(32)33/h4-11,18-19,28H,1-3,12-17,20H2,(H,32,33). The fraction of sp³-hybridized carbons (Fsp3) is 0.355. The molecule has 1 unspecified atom stereocenters. The molecule has 9 nitrogen and oxygen atoms in total. The van der Waals surface area contributed by atoms with Gasteiger partial charge in [0.25, 0.3) is 0 Å². The summed E-state index contributed by atoms with van der Waals surface area (Å²) < 4.78 is 22.8. The molecule has 3 aromatic rings.